The molecule has 0 fully saturated rings. The van der Waals surface area contributed by atoms with Gasteiger partial charge in [-0.15, -0.1) is 0 Å². The minimum atomic E-state index is -0.0211. The number of hydrogen-bond acceptors (Lipinski definition) is 4. The third-order valence-corrected chi connectivity index (χ3v) is 2.49. The average Bonchev–Trinajstić information content (AvgIpc) is 2.37. The maximum Gasteiger partial charge on any atom is 0.143 e. The van der Waals surface area contributed by atoms with Crippen LogP contribution in [0, 0.1) is 6.92 Å². The first kappa shape index (κ1) is 14.7. The van der Waals surface area contributed by atoms with Crippen LogP contribution >= 0.6 is 0 Å². The lowest BCUT2D eigenvalue weighted by Crippen LogP contribution is -2.20. The number of aromatic nitrogens is 1. The van der Waals surface area contributed by atoms with Gasteiger partial charge in [0.25, 0.3) is 0 Å². The lowest BCUT2D eigenvalue weighted by atomic mass is 10.2. The molecule has 0 aromatic carbocycles. The van der Waals surface area contributed by atoms with Crippen molar-refractivity contribution >= 4 is 0 Å². The van der Waals surface area contributed by atoms with Crippen LogP contribution in [0.2, 0.25) is 0 Å². The SMILES string of the molecule is C=CC(C)Oc1ccc(C)nc1CNCCOC. The zero-order valence-corrected chi connectivity index (χ0v) is 11.4. The van der Waals surface area contributed by atoms with E-state index in [4.69, 9.17) is 9.47 Å². The first-order chi connectivity index (χ1) is 8.67. The summed E-state index contributed by atoms with van der Waals surface area (Å²) >= 11 is 0. The van der Waals surface area contributed by atoms with Crippen LogP contribution in [0.4, 0.5) is 0 Å². The predicted molar refractivity (Wildman–Crippen MR) is 72.8 cm³/mol. The molecule has 1 N–H and O–H groups in total. The summed E-state index contributed by atoms with van der Waals surface area (Å²) in [5.41, 5.74) is 1.90. The van der Waals surface area contributed by atoms with Gasteiger partial charge in [0.15, 0.2) is 0 Å². The molecule has 0 radical (unpaired) electrons. The van der Waals surface area contributed by atoms with Crippen molar-refractivity contribution in [3.05, 3.63) is 36.2 Å². The minimum Gasteiger partial charge on any atom is -0.485 e. The number of pyridine rings is 1. The molecule has 0 aliphatic carbocycles. The molecular formula is C14H22N2O2. The highest BCUT2D eigenvalue weighted by molar-refractivity contribution is 5.29. The Morgan fingerprint density at radius 2 is 2.28 bits per heavy atom. The molecule has 1 unspecified atom stereocenters. The van der Waals surface area contributed by atoms with Crippen LogP contribution in [0.5, 0.6) is 5.75 Å². The number of ether oxygens (including phenoxy) is 2. The highest BCUT2D eigenvalue weighted by Gasteiger charge is 2.07. The molecule has 1 rings (SSSR count). The van der Waals surface area contributed by atoms with Gasteiger partial charge >= 0.3 is 0 Å². The Labute approximate surface area is 109 Å². The first-order valence-corrected chi connectivity index (χ1v) is 6.12. The number of hydrogen-bond donors (Lipinski definition) is 1. The van der Waals surface area contributed by atoms with Gasteiger partial charge < -0.3 is 14.8 Å². The van der Waals surface area contributed by atoms with E-state index in [1.165, 1.54) is 0 Å². The molecule has 0 saturated carbocycles. The molecule has 100 valence electrons. The van der Waals surface area contributed by atoms with Crippen molar-refractivity contribution < 1.29 is 9.47 Å². The maximum absolute atomic E-state index is 5.75. The molecule has 1 heterocycles. The Kier molecular flexibility index (Phi) is 6.39. The fourth-order valence-electron chi connectivity index (χ4n) is 1.46. The summed E-state index contributed by atoms with van der Waals surface area (Å²) in [5.74, 6) is 0.804. The summed E-state index contributed by atoms with van der Waals surface area (Å²) in [6, 6.07) is 3.90. The highest BCUT2D eigenvalue weighted by atomic mass is 16.5. The fraction of sp³-hybridized carbons (Fsp3) is 0.500. The summed E-state index contributed by atoms with van der Waals surface area (Å²) in [6.07, 6.45) is 1.74. The molecule has 0 aliphatic rings. The number of aryl methyl sites for hydroxylation is 1. The van der Waals surface area contributed by atoms with Crippen LogP contribution in [0.25, 0.3) is 0 Å². The summed E-state index contributed by atoms with van der Waals surface area (Å²) in [7, 11) is 1.69. The Hall–Kier alpha value is -1.39. The summed E-state index contributed by atoms with van der Waals surface area (Å²) in [5, 5.41) is 3.27. The Balaban J connectivity index is 2.67. The number of nitrogens with one attached hydrogen (secondary N) is 1. The topological polar surface area (TPSA) is 43.4 Å². The molecule has 1 aromatic rings. The standard InChI is InChI=1S/C14H22N2O2/c1-5-12(3)18-14-7-6-11(2)16-13(14)10-15-8-9-17-4/h5-7,12,15H,1,8-10H2,2-4H3. The Morgan fingerprint density at radius 3 is 2.94 bits per heavy atom. The van der Waals surface area contributed by atoms with E-state index >= 15 is 0 Å². The van der Waals surface area contributed by atoms with E-state index in [0.717, 1.165) is 23.7 Å². The van der Waals surface area contributed by atoms with Crippen molar-refractivity contribution in [2.75, 3.05) is 20.3 Å². The third-order valence-electron chi connectivity index (χ3n) is 2.49. The molecule has 0 bridgehead atoms. The monoisotopic (exact) mass is 250 g/mol. The van der Waals surface area contributed by atoms with Crippen molar-refractivity contribution in [3.8, 4) is 5.75 Å². The van der Waals surface area contributed by atoms with E-state index in [9.17, 15) is 0 Å². The molecule has 1 atom stereocenters. The molecular weight excluding hydrogens is 228 g/mol. The van der Waals surface area contributed by atoms with Crippen LogP contribution < -0.4 is 10.1 Å². The van der Waals surface area contributed by atoms with Crippen molar-refractivity contribution in [3.63, 3.8) is 0 Å². The Bertz CT molecular complexity index is 380. The van der Waals surface area contributed by atoms with Gasteiger partial charge in [0, 0.05) is 25.9 Å². The van der Waals surface area contributed by atoms with Crippen molar-refractivity contribution in [2.24, 2.45) is 0 Å². The minimum absolute atomic E-state index is 0.0211. The van der Waals surface area contributed by atoms with Gasteiger partial charge in [-0.3, -0.25) is 4.98 Å². The quantitative estimate of drug-likeness (QED) is 0.566. The van der Waals surface area contributed by atoms with E-state index < -0.39 is 0 Å². The first-order valence-electron chi connectivity index (χ1n) is 6.12. The van der Waals surface area contributed by atoms with E-state index in [1.54, 1.807) is 13.2 Å². The van der Waals surface area contributed by atoms with Gasteiger partial charge in [0.1, 0.15) is 11.9 Å². The van der Waals surface area contributed by atoms with Crippen LogP contribution in [0.15, 0.2) is 24.8 Å². The van der Waals surface area contributed by atoms with E-state index in [0.29, 0.717) is 13.2 Å². The van der Waals surface area contributed by atoms with Crippen molar-refractivity contribution in [1.29, 1.82) is 0 Å². The third kappa shape index (κ3) is 4.85. The zero-order valence-electron chi connectivity index (χ0n) is 11.4. The summed E-state index contributed by atoms with van der Waals surface area (Å²) in [6.45, 7) is 9.79. The van der Waals surface area contributed by atoms with Gasteiger partial charge in [0.05, 0.1) is 12.3 Å². The molecule has 1 aromatic heterocycles. The highest BCUT2D eigenvalue weighted by Crippen LogP contribution is 2.18. The smallest absolute Gasteiger partial charge is 0.143 e. The molecule has 18 heavy (non-hydrogen) atoms. The van der Waals surface area contributed by atoms with Gasteiger partial charge in [-0.1, -0.05) is 12.7 Å². The second kappa shape index (κ2) is 7.84. The van der Waals surface area contributed by atoms with Crippen LogP contribution in [-0.4, -0.2) is 31.3 Å². The average molecular weight is 250 g/mol. The van der Waals surface area contributed by atoms with E-state index in [2.05, 4.69) is 16.9 Å². The molecule has 0 amide bonds. The van der Waals surface area contributed by atoms with E-state index in [1.807, 2.05) is 26.0 Å². The normalized spacial score (nSPS) is 12.2. The maximum atomic E-state index is 5.75. The van der Waals surface area contributed by atoms with E-state index in [-0.39, 0.29) is 6.10 Å². The Morgan fingerprint density at radius 1 is 1.50 bits per heavy atom. The summed E-state index contributed by atoms with van der Waals surface area (Å²) in [4.78, 5) is 4.50. The molecule has 0 spiro atoms. The summed E-state index contributed by atoms with van der Waals surface area (Å²) < 4.78 is 10.7. The fourth-order valence-corrected chi connectivity index (χ4v) is 1.46. The second-order valence-corrected chi connectivity index (χ2v) is 4.13. The van der Waals surface area contributed by atoms with Gasteiger partial charge in [-0.25, -0.2) is 0 Å². The van der Waals surface area contributed by atoms with Crippen molar-refractivity contribution in [1.82, 2.24) is 10.3 Å². The van der Waals surface area contributed by atoms with Gasteiger partial charge in [0.2, 0.25) is 0 Å². The van der Waals surface area contributed by atoms with Gasteiger partial charge in [-0.05, 0) is 26.0 Å². The zero-order chi connectivity index (χ0) is 13.4. The van der Waals surface area contributed by atoms with Gasteiger partial charge in [-0.2, -0.15) is 0 Å². The second-order valence-electron chi connectivity index (χ2n) is 4.13. The number of rotatable bonds is 8. The van der Waals surface area contributed by atoms with Crippen LogP contribution in [-0.2, 0) is 11.3 Å². The number of nitrogens with zero attached hydrogens (tertiary/aromatic N) is 1. The predicted octanol–water partition coefficient (Wildman–Crippen LogP) is 2.08. The van der Waals surface area contributed by atoms with Crippen molar-refractivity contribution in [2.45, 2.75) is 26.5 Å². The number of methoxy groups -OCH3 is 1. The molecule has 0 aliphatic heterocycles. The lowest BCUT2D eigenvalue weighted by Gasteiger charge is -2.15. The lowest BCUT2D eigenvalue weighted by molar-refractivity contribution is 0.198. The molecule has 0 saturated heterocycles. The molecule has 4 heteroatoms. The van der Waals surface area contributed by atoms with Crippen LogP contribution in [0.1, 0.15) is 18.3 Å². The molecule has 4 nitrogen and oxygen atoms in total. The van der Waals surface area contributed by atoms with Crippen LogP contribution in [0.3, 0.4) is 0 Å². The largest absolute Gasteiger partial charge is 0.485 e.